The highest BCUT2D eigenvalue weighted by molar-refractivity contribution is 6.38. The standard InChI is InChI=1S/C25H24B2F3NO5/c1-33-20-9-16(5-6-19(20)34-14-15-11-23(29,30)12-15)22(32)31-8-7-24(17-3-2-4-18(28)10-17)21(13-31)35-25(26,27)36-24/h2-6,9-10,15,21H,7-8,11-14H2,1H3/t21?,24-/m1/s1. The maximum Gasteiger partial charge on any atom is 0.254 e. The van der Waals surface area contributed by atoms with Crippen molar-refractivity contribution in [3.05, 3.63) is 59.4 Å². The Hall–Kier alpha value is -2.65. The highest BCUT2D eigenvalue weighted by atomic mass is 19.3. The monoisotopic (exact) mass is 497 g/mol. The number of ether oxygens (including phenoxy) is 4. The van der Waals surface area contributed by atoms with E-state index in [0.29, 0.717) is 22.6 Å². The molecule has 1 saturated carbocycles. The summed E-state index contributed by atoms with van der Waals surface area (Å²) in [4.78, 5) is 14.9. The summed E-state index contributed by atoms with van der Waals surface area (Å²) in [5, 5.41) is 0. The number of amides is 1. The average Bonchev–Trinajstić information content (AvgIpc) is 3.11. The zero-order chi connectivity index (χ0) is 25.7. The lowest BCUT2D eigenvalue weighted by Crippen LogP contribution is -2.53. The molecule has 3 fully saturated rings. The molecule has 186 valence electrons. The smallest absolute Gasteiger partial charge is 0.254 e. The van der Waals surface area contributed by atoms with E-state index in [1.165, 1.54) is 19.2 Å². The van der Waals surface area contributed by atoms with E-state index >= 15 is 0 Å². The van der Waals surface area contributed by atoms with Gasteiger partial charge in [0.2, 0.25) is 5.92 Å². The molecule has 0 aromatic heterocycles. The van der Waals surface area contributed by atoms with Gasteiger partial charge in [0.05, 0.1) is 25.8 Å². The molecule has 3 aliphatic rings. The number of alkyl halides is 2. The number of halogens is 3. The van der Waals surface area contributed by atoms with Crippen LogP contribution in [0.25, 0.3) is 0 Å². The van der Waals surface area contributed by atoms with E-state index in [1.807, 2.05) is 0 Å². The third-order valence-corrected chi connectivity index (χ3v) is 6.99. The van der Waals surface area contributed by atoms with Crippen LogP contribution in [0.2, 0.25) is 0 Å². The van der Waals surface area contributed by atoms with Gasteiger partial charge in [-0.15, -0.1) is 0 Å². The first-order chi connectivity index (χ1) is 17.0. The molecule has 4 radical (unpaired) electrons. The van der Waals surface area contributed by atoms with Gasteiger partial charge in [0.25, 0.3) is 5.91 Å². The molecule has 2 atom stereocenters. The van der Waals surface area contributed by atoms with E-state index in [9.17, 15) is 18.0 Å². The van der Waals surface area contributed by atoms with Gasteiger partial charge in [-0.05, 0) is 35.9 Å². The predicted molar refractivity (Wildman–Crippen MR) is 125 cm³/mol. The third kappa shape index (κ3) is 4.70. The molecule has 1 aliphatic carbocycles. The molecule has 1 amide bonds. The lowest BCUT2D eigenvalue weighted by atomic mass is 9.76. The van der Waals surface area contributed by atoms with Crippen molar-refractivity contribution in [2.24, 2.45) is 5.92 Å². The Morgan fingerprint density at radius 3 is 2.64 bits per heavy atom. The lowest BCUT2D eigenvalue weighted by molar-refractivity contribution is -0.119. The van der Waals surface area contributed by atoms with Crippen molar-refractivity contribution in [1.29, 1.82) is 0 Å². The van der Waals surface area contributed by atoms with Crippen molar-refractivity contribution in [3.8, 4) is 11.5 Å². The summed E-state index contributed by atoms with van der Waals surface area (Å²) in [5.74, 6) is -2.87. The second-order valence-corrected chi connectivity index (χ2v) is 9.64. The van der Waals surface area contributed by atoms with Gasteiger partial charge < -0.3 is 23.8 Å². The molecule has 0 spiro atoms. The topological polar surface area (TPSA) is 57.2 Å². The van der Waals surface area contributed by atoms with Crippen LogP contribution in [0.4, 0.5) is 13.2 Å². The molecule has 2 aromatic rings. The number of carbonyl (C=O) groups excluding carboxylic acids is 1. The zero-order valence-electron chi connectivity index (χ0n) is 19.7. The van der Waals surface area contributed by atoms with Crippen LogP contribution in [-0.2, 0) is 15.1 Å². The van der Waals surface area contributed by atoms with Crippen LogP contribution < -0.4 is 9.47 Å². The number of hydrogen-bond acceptors (Lipinski definition) is 5. The molecule has 11 heteroatoms. The number of methoxy groups -OCH3 is 1. The van der Waals surface area contributed by atoms with E-state index in [0.717, 1.165) is 0 Å². The minimum Gasteiger partial charge on any atom is -0.493 e. The number of rotatable bonds is 6. The second-order valence-electron chi connectivity index (χ2n) is 9.64. The number of nitrogens with zero attached hydrogens (tertiary/aromatic N) is 1. The van der Waals surface area contributed by atoms with Crippen LogP contribution in [0.5, 0.6) is 11.5 Å². The number of benzene rings is 2. The molecule has 1 unspecified atom stereocenters. The number of carbonyl (C=O) groups is 1. The minimum atomic E-state index is -2.61. The van der Waals surface area contributed by atoms with E-state index in [1.54, 1.807) is 35.2 Å². The Balaban J connectivity index is 1.30. The molecule has 5 rings (SSSR count). The summed E-state index contributed by atoms with van der Waals surface area (Å²) in [7, 11) is 13.3. The maximum atomic E-state index is 14.0. The van der Waals surface area contributed by atoms with E-state index in [-0.39, 0.29) is 50.8 Å². The Morgan fingerprint density at radius 1 is 1.17 bits per heavy atom. The van der Waals surface area contributed by atoms with E-state index in [4.69, 9.17) is 34.6 Å². The van der Waals surface area contributed by atoms with Crippen LogP contribution in [0.15, 0.2) is 42.5 Å². The van der Waals surface area contributed by atoms with Crippen molar-refractivity contribution in [1.82, 2.24) is 4.90 Å². The quantitative estimate of drug-likeness (QED) is 0.574. The molecule has 2 aromatic carbocycles. The molecular formula is C25H24B2F3NO5. The van der Waals surface area contributed by atoms with Crippen LogP contribution >= 0.6 is 0 Å². The molecule has 6 nitrogen and oxygen atoms in total. The summed E-state index contributed by atoms with van der Waals surface area (Å²) in [6.45, 7) is 0.538. The largest absolute Gasteiger partial charge is 0.493 e. The zero-order valence-corrected chi connectivity index (χ0v) is 19.7. The van der Waals surface area contributed by atoms with Gasteiger partial charge in [-0.1, -0.05) is 12.1 Å². The van der Waals surface area contributed by atoms with Gasteiger partial charge in [-0.2, -0.15) is 0 Å². The highest BCUT2D eigenvalue weighted by Gasteiger charge is 2.56. The highest BCUT2D eigenvalue weighted by Crippen LogP contribution is 2.47. The van der Waals surface area contributed by atoms with Crippen LogP contribution in [0.3, 0.4) is 0 Å². The summed E-state index contributed by atoms with van der Waals surface area (Å²) in [5.41, 5.74) is -2.11. The van der Waals surface area contributed by atoms with Gasteiger partial charge in [0.15, 0.2) is 11.5 Å². The normalized spacial score (nSPS) is 26.7. The summed E-state index contributed by atoms with van der Waals surface area (Å²) in [6, 6.07) is 10.7. The van der Waals surface area contributed by atoms with Crippen molar-refractivity contribution in [3.63, 3.8) is 0 Å². The first-order valence-corrected chi connectivity index (χ1v) is 11.7. The molecule has 2 heterocycles. The van der Waals surface area contributed by atoms with Crippen LogP contribution in [-0.4, -0.2) is 70.9 Å². The summed E-state index contributed by atoms with van der Waals surface area (Å²) < 4.78 is 62.8. The number of fused-ring (bicyclic) bond motifs is 1. The van der Waals surface area contributed by atoms with Crippen molar-refractivity contribution >= 4 is 21.6 Å². The third-order valence-electron chi connectivity index (χ3n) is 6.99. The summed E-state index contributed by atoms with van der Waals surface area (Å²) in [6.07, 6.45) is -0.833. The predicted octanol–water partition coefficient (Wildman–Crippen LogP) is 3.36. The fraction of sp³-hybridized carbons (Fsp3) is 0.480. The average molecular weight is 497 g/mol. The van der Waals surface area contributed by atoms with Crippen molar-refractivity contribution in [2.45, 2.75) is 42.5 Å². The fourth-order valence-electron chi connectivity index (χ4n) is 5.22. The number of piperidine rings is 1. The minimum absolute atomic E-state index is 0.113. The van der Waals surface area contributed by atoms with Crippen LogP contribution in [0.1, 0.15) is 35.2 Å². The molecule has 36 heavy (non-hydrogen) atoms. The van der Waals surface area contributed by atoms with Gasteiger partial charge in [-0.25, -0.2) is 13.2 Å². The first-order valence-electron chi connectivity index (χ1n) is 11.7. The summed E-state index contributed by atoms with van der Waals surface area (Å²) >= 11 is 0. The molecule has 2 saturated heterocycles. The number of likely N-dealkylation sites (tertiary alicyclic amines) is 1. The molecule has 0 N–H and O–H groups in total. The Bertz CT molecular complexity index is 1160. The Morgan fingerprint density at radius 2 is 1.94 bits per heavy atom. The fourth-order valence-corrected chi connectivity index (χ4v) is 5.22. The second kappa shape index (κ2) is 9.03. The van der Waals surface area contributed by atoms with Crippen molar-refractivity contribution in [2.75, 3.05) is 26.8 Å². The Labute approximate surface area is 209 Å². The molecular weight excluding hydrogens is 473 g/mol. The Kier molecular flexibility index (Phi) is 6.27. The van der Waals surface area contributed by atoms with Crippen molar-refractivity contribution < 1.29 is 36.9 Å². The van der Waals surface area contributed by atoms with Gasteiger partial charge in [0.1, 0.15) is 33.2 Å². The van der Waals surface area contributed by atoms with Gasteiger partial charge in [0, 0.05) is 37.3 Å². The van der Waals surface area contributed by atoms with E-state index in [2.05, 4.69) is 0 Å². The molecule has 0 bridgehead atoms. The van der Waals surface area contributed by atoms with Gasteiger partial charge >= 0.3 is 0 Å². The van der Waals surface area contributed by atoms with Crippen LogP contribution in [0, 0.1) is 11.7 Å². The SMILES string of the molecule is [B]C1([B])OC2CN(C(=O)c3ccc(OCC4CC(F)(F)C4)c(OC)c3)CC[C@]2(c2cccc(F)c2)O1. The van der Waals surface area contributed by atoms with E-state index < -0.39 is 29.0 Å². The van der Waals surface area contributed by atoms with Gasteiger partial charge in [-0.3, -0.25) is 4.79 Å². The lowest BCUT2D eigenvalue weighted by Gasteiger charge is -2.42. The molecule has 2 aliphatic heterocycles. The number of hydrogen-bond donors (Lipinski definition) is 0. The maximum absolute atomic E-state index is 14.0. The first kappa shape index (κ1) is 25.0.